The van der Waals surface area contributed by atoms with Crippen molar-refractivity contribution in [2.75, 3.05) is 0 Å². The predicted molar refractivity (Wildman–Crippen MR) is 75.5 cm³/mol. The summed E-state index contributed by atoms with van der Waals surface area (Å²) in [4.78, 5) is 13.1. The standard InChI is InChI=1S/C13H8IN3/c14-10-5-3-9(4-6-10)12-8-16-11-2-1-7-15-13(11)17-12/h1-8H. The maximum Gasteiger partial charge on any atom is 0.178 e. The molecule has 2 aromatic heterocycles. The number of hydrogen-bond donors (Lipinski definition) is 0. The average molecular weight is 333 g/mol. The molecule has 0 saturated heterocycles. The zero-order chi connectivity index (χ0) is 11.7. The molecule has 0 unspecified atom stereocenters. The third-order valence-corrected chi connectivity index (χ3v) is 3.18. The lowest BCUT2D eigenvalue weighted by atomic mass is 10.2. The summed E-state index contributed by atoms with van der Waals surface area (Å²) in [6.45, 7) is 0. The molecule has 0 saturated carbocycles. The van der Waals surface area contributed by atoms with Crippen LogP contribution in [0.25, 0.3) is 22.4 Å². The fourth-order valence-electron chi connectivity index (χ4n) is 1.61. The number of nitrogens with zero attached hydrogens (tertiary/aromatic N) is 3. The van der Waals surface area contributed by atoms with Gasteiger partial charge in [-0.2, -0.15) is 0 Å². The van der Waals surface area contributed by atoms with E-state index in [0.29, 0.717) is 5.65 Å². The molecule has 0 radical (unpaired) electrons. The Morgan fingerprint density at radius 2 is 1.76 bits per heavy atom. The van der Waals surface area contributed by atoms with Crippen LogP contribution in [-0.4, -0.2) is 15.0 Å². The van der Waals surface area contributed by atoms with Crippen LogP contribution in [0.2, 0.25) is 0 Å². The minimum Gasteiger partial charge on any atom is -0.251 e. The van der Waals surface area contributed by atoms with Crippen LogP contribution >= 0.6 is 22.6 Å². The largest absolute Gasteiger partial charge is 0.251 e. The van der Waals surface area contributed by atoms with Gasteiger partial charge in [0.1, 0.15) is 5.52 Å². The van der Waals surface area contributed by atoms with E-state index in [1.165, 1.54) is 3.57 Å². The Morgan fingerprint density at radius 3 is 2.59 bits per heavy atom. The molecule has 0 aliphatic rings. The third kappa shape index (κ3) is 2.12. The predicted octanol–water partition coefficient (Wildman–Crippen LogP) is 3.30. The van der Waals surface area contributed by atoms with E-state index in [4.69, 9.17) is 0 Å². The Morgan fingerprint density at radius 1 is 0.941 bits per heavy atom. The second kappa shape index (κ2) is 4.37. The number of hydrogen-bond acceptors (Lipinski definition) is 3. The number of rotatable bonds is 1. The Bertz CT molecular complexity index is 665. The molecule has 3 nitrogen and oxygen atoms in total. The first-order chi connectivity index (χ1) is 8.33. The van der Waals surface area contributed by atoms with Crippen LogP contribution in [0, 0.1) is 3.57 Å². The van der Waals surface area contributed by atoms with E-state index in [0.717, 1.165) is 16.8 Å². The van der Waals surface area contributed by atoms with E-state index in [-0.39, 0.29) is 0 Å². The highest BCUT2D eigenvalue weighted by Crippen LogP contribution is 2.19. The van der Waals surface area contributed by atoms with Gasteiger partial charge in [-0.1, -0.05) is 12.1 Å². The van der Waals surface area contributed by atoms with Crippen LogP contribution in [0.15, 0.2) is 48.8 Å². The van der Waals surface area contributed by atoms with Crippen LogP contribution in [0.1, 0.15) is 0 Å². The molecular weight excluding hydrogens is 325 g/mol. The summed E-state index contributed by atoms with van der Waals surface area (Å²) in [6, 6.07) is 12.0. The van der Waals surface area contributed by atoms with Gasteiger partial charge in [-0.25, -0.2) is 9.97 Å². The van der Waals surface area contributed by atoms with E-state index < -0.39 is 0 Å². The van der Waals surface area contributed by atoms with Crippen LogP contribution in [0.4, 0.5) is 0 Å². The SMILES string of the molecule is Ic1ccc(-c2cnc3cccnc3n2)cc1. The summed E-state index contributed by atoms with van der Waals surface area (Å²) in [7, 11) is 0. The average Bonchev–Trinajstić information content (AvgIpc) is 2.39. The molecule has 17 heavy (non-hydrogen) atoms. The van der Waals surface area contributed by atoms with E-state index in [1.807, 2.05) is 24.3 Å². The van der Waals surface area contributed by atoms with Crippen LogP contribution in [0.5, 0.6) is 0 Å². The molecule has 0 N–H and O–H groups in total. The second-order valence-corrected chi connectivity index (χ2v) is 4.85. The van der Waals surface area contributed by atoms with Crippen molar-refractivity contribution >= 4 is 33.8 Å². The molecule has 4 heteroatoms. The van der Waals surface area contributed by atoms with Gasteiger partial charge in [-0.3, -0.25) is 4.98 Å². The Labute approximate surface area is 112 Å². The van der Waals surface area contributed by atoms with Gasteiger partial charge in [-0.15, -0.1) is 0 Å². The number of fused-ring (bicyclic) bond motifs is 1. The number of benzene rings is 1. The van der Waals surface area contributed by atoms with Gasteiger partial charge >= 0.3 is 0 Å². The molecule has 0 fully saturated rings. The summed E-state index contributed by atoms with van der Waals surface area (Å²) in [5.41, 5.74) is 3.42. The van der Waals surface area contributed by atoms with Gasteiger partial charge in [0.05, 0.1) is 11.9 Å². The van der Waals surface area contributed by atoms with Crippen molar-refractivity contribution < 1.29 is 0 Å². The third-order valence-electron chi connectivity index (χ3n) is 2.46. The lowest BCUT2D eigenvalue weighted by Gasteiger charge is -2.01. The molecule has 0 amide bonds. The number of pyridine rings is 1. The van der Waals surface area contributed by atoms with Crippen molar-refractivity contribution in [2.45, 2.75) is 0 Å². The fourth-order valence-corrected chi connectivity index (χ4v) is 1.97. The molecule has 1 aromatic carbocycles. The quantitative estimate of drug-likeness (QED) is 0.642. The van der Waals surface area contributed by atoms with Crippen molar-refractivity contribution in [3.8, 4) is 11.3 Å². The number of aromatic nitrogens is 3. The molecule has 0 atom stereocenters. The van der Waals surface area contributed by atoms with Gasteiger partial charge in [0.25, 0.3) is 0 Å². The molecule has 82 valence electrons. The van der Waals surface area contributed by atoms with E-state index in [9.17, 15) is 0 Å². The first-order valence-corrected chi connectivity index (χ1v) is 6.24. The van der Waals surface area contributed by atoms with Crippen molar-refractivity contribution in [1.29, 1.82) is 0 Å². The highest BCUT2D eigenvalue weighted by molar-refractivity contribution is 14.1. The first kappa shape index (κ1) is 10.6. The second-order valence-electron chi connectivity index (χ2n) is 3.61. The minimum absolute atomic E-state index is 0.684. The van der Waals surface area contributed by atoms with E-state index in [2.05, 4.69) is 49.7 Å². The van der Waals surface area contributed by atoms with Gasteiger partial charge in [-0.05, 0) is 46.9 Å². The smallest absolute Gasteiger partial charge is 0.178 e. The maximum atomic E-state index is 4.50. The first-order valence-electron chi connectivity index (χ1n) is 5.17. The van der Waals surface area contributed by atoms with Crippen LogP contribution < -0.4 is 0 Å². The molecule has 0 aliphatic carbocycles. The molecule has 2 heterocycles. The highest BCUT2D eigenvalue weighted by Gasteiger charge is 2.02. The zero-order valence-electron chi connectivity index (χ0n) is 8.84. The molecule has 0 bridgehead atoms. The highest BCUT2D eigenvalue weighted by atomic mass is 127. The molecule has 3 aromatic rings. The van der Waals surface area contributed by atoms with Gasteiger partial charge < -0.3 is 0 Å². The molecular formula is C13H8IN3. The van der Waals surface area contributed by atoms with Crippen LogP contribution in [0.3, 0.4) is 0 Å². The number of halogens is 1. The van der Waals surface area contributed by atoms with Gasteiger partial charge in [0.15, 0.2) is 5.65 Å². The Balaban J connectivity index is 2.14. The maximum absolute atomic E-state index is 4.50. The van der Waals surface area contributed by atoms with E-state index in [1.54, 1.807) is 12.4 Å². The summed E-state index contributed by atoms with van der Waals surface area (Å²) in [6.07, 6.45) is 3.51. The van der Waals surface area contributed by atoms with Crippen molar-refractivity contribution in [2.24, 2.45) is 0 Å². The van der Waals surface area contributed by atoms with Gasteiger partial charge in [0, 0.05) is 15.3 Å². The van der Waals surface area contributed by atoms with E-state index >= 15 is 0 Å². The topological polar surface area (TPSA) is 38.7 Å². The van der Waals surface area contributed by atoms with Crippen molar-refractivity contribution in [1.82, 2.24) is 15.0 Å². The van der Waals surface area contributed by atoms with Crippen molar-refractivity contribution in [3.05, 3.63) is 52.4 Å². The summed E-state index contributed by atoms with van der Waals surface area (Å²) in [5.74, 6) is 0. The Hall–Kier alpha value is -1.56. The summed E-state index contributed by atoms with van der Waals surface area (Å²) in [5, 5.41) is 0. The summed E-state index contributed by atoms with van der Waals surface area (Å²) >= 11 is 2.28. The minimum atomic E-state index is 0.684. The Kier molecular flexibility index (Phi) is 2.72. The van der Waals surface area contributed by atoms with Crippen LogP contribution in [-0.2, 0) is 0 Å². The summed E-state index contributed by atoms with van der Waals surface area (Å²) < 4.78 is 1.21. The lowest BCUT2D eigenvalue weighted by Crippen LogP contribution is -1.90. The normalized spacial score (nSPS) is 10.6. The molecule has 0 spiro atoms. The monoisotopic (exact) mass is 333 g/mol. The van der Waals surface area contributed by atoms with Crippen molar-refractivity contribution in [3.63, 3.8) is 0 Å². The zero-order valence-corrected chi connectivity index (χ0v) is 11.0. The molecule has 3 rings (SSSR count). The lowest BCUT2D eigenvalue weighted by molar-refractivity contribution is 1.23. The fraction of sp³-hybridized carbons (Fsp3) is 0. The van der Waals surface area contributed by atoms with Gasteiger partial charge in [0.2, 0.25) is 0 Å². The molecule has 0 aliphatic heterocycles.